The van der Waals surface area contributed by atoms with E-state index in [1.807, 2.05) is 26.0 Å². The first kappa shape index (κ1) is 22.7. The van der Waals surface area contributed by atoms with E-state index in [0.29, 0.717) is 36.6 Å². The average Bonchev–Trinajstić information content (AvgIpc) is 2.75. The summed E-state index contributed by atoms with van der Waals surface area (Å²) in [4.78, 5) is 10.7. The van der Waals surface area contributed by atoms with Crippen LogP contribution in [-0.2, 0) is 13.0 Å². The van der Waals surface area contributed by atoms with E-state index in [-0.39, 0.29) is 23.6 Å². The molecular formula is C21H21ClF2N6O. The van der Waals surface area contributed by atoms with E-state index in [2.05, 4.69) is 26.3 Å². The molecule has 10 heteroatoms. The van der Waals surface area contributed by atoms with E-state index < -0.39 is 13.0 Å². The first-order valence-corrected chi connectivity index (χ1v) is 10.1. The molecule has 0 aliphatic carbocycles. The number of rotatable bonds is 7. The number of aryl methyl sites for hydroxylation is 1. The van der Waals surface area contributed by atoms with Crippen molar-refractivity contribution >= 4 is 17.4 Å². The van der Waals surface area contributed by atoms with Crippen molar-refractivity contribution in [2.45, 2.75) is 39.3 Å². The summed E-state index contributed by atoms with van der Waals surface area (Å²) >= 11 is 6.23. The summed E-state index contributed by atoms with van der Waals surface area (Å²) in [5.74, 6) is 0.696. The van der Waals surface area contributed by atoms with Gasteiger partial charge in [0.05, 0.1) is 11.6 Å². The van der Waals surface area contributed by atoms with Gasteiger partial charge in [-0.25, -0.2) is 18.7 Å². The molecule has 1 aliphatic rings. The fraction of sp³-hybridized carbons (Fsp3) is 0.429. The third-order valence-corrected chi connectivity index (χ3v) is 5.55. The number of alkyl halides is 2. The second-order valence-electron chi connectivity index (χ2n) is 7.13. The lowest BCUT2D eigenvalue weighted by Crippen LogP contribution is -2.34. The van der Waals surface area contributed by atoms with Crippen molar-refractivity contribution in [3.8, 4) is 18.0 Å². The third kappa shape index (κ3) is 5.01. The largest absolute Gasteiger partial charge is 0.472 e. The number of hydrogen-bond acceptors (Lipinski definition) is 7. The number of anilines is 1. The number of nitrogens with zero attached hydrogens (tertiary/aromatic N) is 5. The molecule has 0 bridgehead atoms. The molecule has 1 unspecified atom stereocenters. The van der Waals surface area contributed by atoms with Gasteiger partial charge in [0.25, 0.3) is 6.43 Å². The van der Waals surface area contributed by atoms with Crippen molar-refractivity contribution in [1.29, 1.82) is 10.5 Å². The molecule has 0 fully saturated rings. The van der Waals surface area contributed by atoms with Crippen LogP contribution in [0.2, 0.25) is 5.15 Å². The minimum atomic E-state index is -2.56. The molecule has 31 heavy (non-hydrogen) atoms. The van der Waals surface area contributed by atoms with Crippen LogP contribution < -0.4 is 10.1 Å². The number of fused-ring (bicyclic) bond motifs is 1. The van der Waals surface area contributed by atoms with Crippen LogP contribution in [0.1, 0.15) is 40.9 Å². The summed E-state index contributed by atoms with van der Waals surface area (Å²) in [5, 5.41) is 21.5. The smallest absolute Gasteiger partial charge is 0.272 e. The molecule has 1 aliphatic heterocycles. The maximum absolute atomic E-state index is 12.4. The van der Waals surface area contributed by atoms with Crippen molar-refractivity contribution in [1.82, 2.24) is 14.9 Å². The number of nitriles is 2. The van der Waals surface area contributed by atoms with Crippen LogP contribution in [0.5, 0.6) is 5.88 Å². The fourth-order valence-corrected chi connectivity index (χ4v) is 3.99. The lowest BCUT2D eigenvalue weighted by atomic mass is 9.94. The van der Waals surface area contributed by atoms with E-state index in [0.717, 1.165) is 16.7 Å². The highest BCUT2D eigenvalue weighted by atomic mass is 35.5. The molecule has 0 saturated heterocycles. The monoisotopic (exact) mass is 446 g/mol. The number of pyridine rings is 2. The highest BCUT2D eigenvalue weighted by Gasteiger charge is 2.28. The number of halogens is 3. The maximum Gasteiger partial charge on any atom is 0.272 e. The zero-order valence-corrected chi connectivity index (χ0v) is 17.9. The summed E-state index contributed by atoms with van der Waals surface area (Å²) in [7, 11) is 0. The Labute approximate surface area is 184 Å². The Bertz CT molecular complexity index is 1050. The topological polar surface area (TPSA) is 97.9 Å². The normalized spacial score (nSPS) is 14.5. The van der Waals surface area contributed by atoms with E-state index in [1.54, 1.807) is 6.07 Å². The van der Waals surface area contributed by atoms with Gasteiger partial charge in [-0.05, 0) is 31.4 Å². The lowest BCUT2D eigenvalue weighted by Gasteiger charge is -2.35. The Morgan fingerprint density at radius 1 is 1.29 bits per heavy atom. The van der Waals surface area contributed by atoms with Gasteiger partial charge in [-0.1, -0.05) is 17.7 Å². The van der Waals surface area contributed by atoms with E-state index in [9.17, 15) is 14.0 Å². The standard InChI is InChI=1S/C21H21ClF2N6O/c1-12-14(3-4-19(28-12)31-11-18(23)24)13(2)30-8-5-15-17(10-30)16(9-26)20(22)29-21(15)27-7-6-25/h3-4,13,18H,5,7-8,10-11H2,1-2H3,(H,27,29). The van der Waals surface area contributed by atoms with Crippen molar-refractivity contribution in [3.63, 3.8) is 0 Å². The summed E-state index contributed by atoms with van der Waals surface area (Å²) < 4.78 is 29.7. The average molecular weight is 447 g/mol. The molecule has 1 N–H and O–H groups in total. The van der Waals surface area contributed by atoms with Crippen LogP contribution in [0, 0.1) is 29.6 Å². The molecule has 2 aromatic heterocycles. The van der Waals surface area contributed by atoms with Crippen molar-refractivity contribution in [2.24, 2.45) is 0 Å². The summed E-state index contributed by atoms with van der Waals surface area (Å²) in [6.07, 6.45) is -1.92. The predicted octanol–water partition coefficient (Wildman–Crippen LogP) is 4.01. The zero-order valence-electron chi connectivity index (χ0n) is 17.1. The van der Waals surface area contributed by atoms with E-state index in [1.165, 1.54) is 0 Å². The molecule has 3 heterocycles. The predicted molar refractivity (Wildman–Crippen MR) is 111 cm³/mol. The quantitative estimate of drug-likeness (QED) is 0.506. The van der Waals surface area contributed by atoms with Crippen LogP contribution in [-0.4, -0.2) is 41.0 Å². The highest BCUT2D eigenvalue weighted by Crippen LogP contribution is 2.35. The molecular weight excluding hydrogens is 426 g/mol. The molecule has 0 saturated carbocycles. The number of ether oxygens (including phenoxy) is 1. The Kier molecular flexibility index (Phi) is 7.21. The van der Waals surface area contributed by atoms with Crippen LogP contribution in [0.25, 0.3) is 0 Å². The Morgan fingerprint density at radius 3 is 2.71 bits per heavy atom. The first-order chi connectivity index (χ1) is 14.8. The summed E-state index contributed by atoms with van der Waals surface area (Å²) in [6, 6.07) is 7.53. The maximum atomic E-state index is 12.4. The Hall–Kier alpha value is -3.01. The highest BCUT2D eigenvalue weighted by molar-refractivity contribution is 6.30. The third-order valence-electron chi connectivity index (χ3n) is 5.28. The van der Waals surface area contributed by atoms with Gasteiger partial charge in [-0.2, -0.15) is 10.5 Å². The molecule has 1 atom stereocenters. The van der Waals surface area contributed by atoms with Gasteiger partial charge in [0, 0.05) is 36.5 Å². The molecule has 0 amide bonds. The molecule has 3 rings (SSSR count). The van der Waals surface area contributed by atoms with Crippen LogP contribution in [0.3, 0.4) is 0 Å². The van der Waals surface area contributed by atoms with Crippen molar-refractivity contribution in [3.05, 3.63) is 45.2 Å². The SMILES string of the molecule is Cc1nc(OCC(F)F)ccc1C(C)N1CCc2c(NCC#N)nc(Cl)c(C#N)c2C1. The van der Waals surface area contributed by atoms with Gasteiger partial charge in [-0.3, -0.25) is 4.90 Å². The Balaban J connectivity index is 1.85. The van der Waals surface area contributed by atoms with Crippen molar-refractivity contribution in [2.75, 3.05) is 25.0 Å². The molecule has 0 radical (unpaired) electrons. The second-order valence-corrected chi connectivity index (χ2v) is 7.49. The number of aromatic nitrogens is 2. The molecule has 7 nitrogen and oxygen atoms in total. The summed E-state index contributed by atoms with van der Waals surface area (Å²) in [6.45, 7) is 4.41. The van der Waals surface area contributed by atoms with Gasteiger partial charge in [0.2, 0.25) is 5.88 Å². The minimum Gasteiger partial charge on any atom is -0.472 e. The molecule has 0 aromatic carbocycles. The lowest BCUT2D eigenvalue weighted by molar-refractivity contribution is 0.0794. The van der Waals surface area contributed by atoms with Crippen LogP contribution >= 0.6 is 11.6 Å². The molecule has 2 aromatic rings. The van der Waals surface area contributed by atoms with Gasteiger partial charge in [-0.15, -0.1) is 0 Å². The second kappa shape index (κ2) is 9.86. The van der Waals surface area contributed by atoms with Gasteiger partial charge >= 0.3 is 0 Å². The number of hydrogen-bond donors (Lipinski definition) is 1. The van der Waals surface area contributed by atoms with Gasteiger partial charge in [0.15, 0.2) is 6.61 Å². The van der Waals surface area contributed by atoms with E-state index >= 15 is 0 Å². The van der Waals surface area contributed by atoms with Crippen LogP contribution in [0.4, 0.5) is 14.6 Å². The first-order valence-electron chi connectivity index (χ1n) is 9.70. The zero-order chi connectivity index (χ0) is 22.5. The molecule has 0 spiro atoms. The van der Waals surface area contributed by atoms with E-state index in [4.69, 9.17) is 21.6 Å². The van der Waals surface area contributed by atoms with Crippen LogP contribution in [0.15, 0.2) is 12.1 Å². The van der Waals surface area contributed by atoms with Crippen molar-refractivity contribution < 1.29 is 13.5 Å². The number of nitrogens with one attached hydrogen (secondary N) is 1. The van der Waals surface area contributed by atoms with Gasteiger partial charge in [0.1, 0.15) is 23.6 Å². The minimum absolute atomic E-state index is 0.0428. The fourth-order valence-electron chi connectivity index (χ4n) is 3.75. The summed E-state index contributed by atoms with van der Waals surface area (Å²) in [5.41, 5.74) is 3.65. The Morgan fingerprint density at radius 2 is 2.06 bits per heavy atom. The van der Waals surface area contributed by atoms with Gasteiger partial charge < -0.3 is 10.1 Å². The molecule has 162 valence electrons.